The summed E-state index contributed by atoms with van der Waals surface area (Å²) < 4.78 is 26.8. The van der Waals surface area contributed by atoms with Crippen LogP contribution in [0, 0.1) is 0 Å². The fourth-order valence-corrected chi connectivity index (χ4v) is 4.10. The third-order valence-electron chi connectivity index (χ3n) is 5.96. The number of nitrogens with zero attached hydrogens (tertiary/aromatic N) is 3. The summed E-state index contributed by atoms with van der Waals surface area (Å²) in [6.07, 6.45) is 2.86. The zero-order valence-corrected chi connectivity index (χ0v) is 17.6. The number of rotatable bonds is 3. The van der Waals surface area contributed by atoms with Crippen LogP contribution in [-0.4, -0.2) is 41.4 Å². The molecule has 2 aliphatic rings. The van der Waals surface area contributed by atoms with Gasteiger partial charge >= 0.3 is 7.12 Å². The summed E-state index contributed by atoms with van der Waals surface area (Å²) in [5.41, 5.74) is 1.46. The van der Waals surface area contributed by atoms with Crippen LogP contribution in [0.2, 0.25) is 0 Å². The van der Waals surface area contributed by atoms with Crippen molar-refractivity contribution in [3.63, 3.8) is 0 Å². The molecule has 4 heterocycles. The van der Waals surface area contributed by atoms with Crippen LogP contribution in [0.1, 0.15) is 40.5 Å². The Hall–Kier alpha value is -1.77. The maximum Gasteiger partial charge on any atom is 0.525 e. The third-order valence-corrected chi connectivity index (χ3v) is 6.64. The quantitative estimate of drug-likeness (QED) is 0.701. The van der Waals surface area contributed by atoms with Crippen LogP contribution in [0.5, 0.6) is 0 Å². The zero-order chi connectivity index (χ0) is 19.9. The van der Waals surface area contributed by atoms with Crippen molar-refractivity contribution in [2.24, 2.45) is 0 Å². The lowest BCUT2D eigenvalue weighted by Crippen LogP contribution is -2.41. The normalized spacial score (nSPS) is 21.2. The van der Waals surface area contributed by atoms with Gasteiger partial charge in [-0.2, -0.15) is 11.3 Å². The van der Waals surface area contributed by atoms with Crippen LogP contribution in [0.15, 0.2) is 40.5 Å². The van der Waals surface area contributed by atoms with Gasteiger partial charge in [0, 0.05) is 30.1 Å². The van der Waals surface area contributed by atoms with E-state index in [0.717, 1.165) is 22.6 Å². The van der Waals surface area contributed by atoms with Gasteiger partial charge in [0.15, 0.2) is 0 Å². The van der Waals surface area contributed by atoms with E-state index in [9.17, 15) is 0 Å². The van der Waals surface area contributed by atoms with E-state index in [4.69, 9.17) is 9.31 Å². The smallest absolute Gasteiger partial charge is 0.398 e. The van der Waals surface area contributed by atoms with Crippen molar-refractivity contribution >= 4 is 24.3 Å². The summed E-state index contributed by atoms with van der Waals surface area (Å²) in [4.78, 5) is 11.0. The van der Waals surface area contributed by atoms with E-state index in [2.05, 4.69) is 20.2 Å². The first-order valence-corrected chi connectivity index (χ1v) is 10.5. The van der Waals surface area contributed by atoms with Crippen LogP contribution >= 0.6 is 11.3 Å². The molecule has 0 amide bonds. The van der Waals surface area contributed by atoms with Crippen molar-refractivity contribution in [1.29, 1.82) is 0 Å². The molecule has 5 nitrogen and oxygen atoms in total. The Labute approximate surface area is 169 Å². The second kappa shape index (κ2) is 7.24. The van der Waals surface area contributed by atoms with Gasteiger partial charge < -0.3 is 14.2 Å². The van der Waals surface area contributed by atoms with Gasteiger partial charge in [0.05, 0.1) is 16.9 Å². The predicted molar refractivity (Wildman–Crippen MR) is 111 cm³/mol. The van der Waals surface area contributed by atoms with Crippen molar-refractivity contribution in [1.82, 2.24) is 9.97 Å². The highest BCUT2D eigenvalue weighted by atomic mass is 32.1. The predicted octanol–water partition coefficient (Wildman–Crippen LogP) is 4.66. The van der Waals surface area contributed by atoms with Gasteiger partial charge in [0.25, 0.3) is 0 Å². The average Bonchev–Trinajstić information content (AvgIpc) is 3.28. The molecule has 0 bridgehead atoms. The summed E-state index contributed by atoms with van der Waals surface area (Å²) in [5, 5.41) is 4.11. The molecule has 0 aromatic carbocycles. The van der Waals surface area contributed by atoms with Crippen molar-refractivity contribution in [3.8, 4) is 11.3 Å². The fraction of sp³-hybridized carbons (Fsp3) is 0.500. The molecule has 2 aromatic rings. The standard InChI is InChI=1S/C20H25BFN3O2S/c1-19(2)20(3,4)27-21(26-19)18(22)14-5-8-25(9-6-14)17-11-16(23-13-24-17)15-7-10-28-12-15/h7,10-13H,5-6,8-9H2,1-4H3. The molecule has 2 aliphatic heterocycles. The van der Waals surface area contributed by atoms with E-state index in [1.165, 1.54) is 0 Å². The van der Waals surface area contributed by atoms with Crippen molar-refractivity contribution < 1.29 is 13.7 Å². The van der Waals surface area contributed by atoms with Crippen LogP contribution < -0.4 is 4.90 Å². The summed E-state index contributed by atoms with van der Waals surface area (Å²) in [6.45, 7) is 9.17. The Kier molecular flexibility index (Phi) is 5.06. The topological polar surface area (TPSA) is 47.5 Å². The van der Waals surface area contributed by atoms with Gasteiger partial charge in [-0.05, 0) is 57.6 Å². The lowest BCUT2D eigenvalue weighted by Gasteiger charge is -2.32. The number of aromatic nitrogens is 2. The number of hydrogen-bond acceptors (Lipinski definition) is 6. The number of piperidine rings is 1. The molecular weight excluding hydrogens is 376 g/mol. The SMILES string of the molecule is CC1(C)OB(C(F)=C2CCN(c3cc(-c4ccsc4)ncn3)CC2)OC1(C)C. The molecule has 0 N–H and O–H groups in total. The lowest BCUT2D eigenvalue weighted by molar-refractivity contribution is 0.00578. The molecule has 2 aromatic heterocycles. The minimum Gasteiger partial charge on any atom is -0.398 e. The van der Waals surface area contributed by atoms with Gasteiger partial charge in [-0.1, -0.05) is 0 Å². The average molecular weight is 401 g/mol. The molecule has 8 heteroatoms. The number of halogens is 1. The Bertz CT molecular complexity index is 859. The van der Waals surface area contributed by atoms with Gasteiger partial charge in [-0.15, -0.1) is 0 Å². The molecular formula is C20H25BFN3O2S. The van der Waals surface area contributed by atoms with Crippen LogP contribution in [-0.2, 0) is 9.31 Å². The monoisotopic (exact) mass is 401 g/mol. The van der Waals surface area contributed by atoms with Gasteiger partial charge in [0.2, 0.25) is 0 Å². The second-order valence-electron chi connectivity index (χ2n) is 8.30. The first-order valence-electron chi connectivity index (χ1n) is 9.59. The highest BCUT2D eigenvalue weighted by Crippen LogP contribution is 2.40. The van der Waals surface area contributed by atoms with E-state index < -0.39 is 18.3 Å². The zero-order valence-electron chi connectivity index (χ0n) is 16.7. The van der Waals surface area contributed by atoms with E-state index in [1.54, 1.807) is 17.7 Å². The Balaban J connectivity index is 1.45. The van der Waals surface area contributed by atoms with Gasteiger partial charge in [-0.25, -0.2) is 14.4 Å². The molecule has 0 aliphatic carbocycles. The summed E-state index contributed by atoms with van der Waals surface area (Å²) in [5.74, 6) is 0.881. The molecule has 2 fully saturated rings. The summed E-state index contributed by atoms with van der Waals surface area (Å²) in [6, 6.07) is 4.05. The van der Waals surface area contributed by atoms with Crippen molar-refractivity contribution in [2.75, 3.05) is 18.0 Å². The largest absolute Gasteiger partial charge is 0.525 e. The molecule has 0 saturated carbocycles. The second-order valence-corrected chi connectivity index (χ2v) is 9.08. The molecule has 28 heavy (non-hydrogen) atoms. The van der Waals surface area contributed by atoms with Crippen LogP contribution in [0.3, 0.4) is 0 Å². The molecule has 0 atom stereocenters. The van der Waals surface area contributed by atoms with Crippen LogP contribution in [0.4, 0.5) is 10.2 Å². The Morgan fingerprint density at radius 2 is 1.82 bits per heavy atom. The van der Waals surface area contributed by atoms with Gasteiger partial charge in [-0.3, -0.25) is 0 Å². The van der Waals surface area contributed by atoms with E-state index in [0.29, 0.717) is 25.9 Å². The highest BCUT2D eigenvalue weighted by molar-refractivity contribution is 7.08. The number of anilines is 1. The molecule has 0 spiro atoms. The minimum atomic E-state index is -0.907. The minimum absolute atomic E-state index is 0.264. The van der Waals surface area contributed by atoms with Gasteiger partial charge in [0.1, 0.15) is 17.9 Å². The van der Waals surface area contributed by atoms with E-state index in [1.807, 2.05) is 45.2 Å². The third kappa shape index (κ3) is 3.61. The molecule has 2 saturated heterocycles. The fourth-order valence-electron chi connectivity index (χ4n) is 3.45. The molecule has 4 rings (SSSR count). The highest BCUT2D eigenvalue weighted by Gasteiger charge is 2.53. The molecule has 0 radical (unpaired) electrons. The first kappa shape index (κ1) is 19.5. The Morgan fingerprint density at radius 3 is 2.43 bits per heavy atom. The van der Waals surface area contributed by atoms with Crippen molar-refractivity contribution in [2.45, 2.75) is 51.7 Å². The van der Waals surface area contributed by atoms with Crippen LogP contribution in [0.25, 0.3) is 11.3 Å². The number of thiophene rings is 1. The number of hydrogen-bond donors (Lipinski definition) is 0. The summed E-state index contributed by atoms with van der Waals surface area (Å²) >= 11 is 1.65. The van der Waals surface area contributed by atoms with E-state index >= 15 is 4.39 Å². The van der Waals surface area contributed by atoms with E-state index in [-0.39, 0.29) is 5.73 Å². The lowest BCUT2D eigenvalue weighted by atomic mass is 9.82. The van der Waals surface area contributed by atoms with Crippen molar-refractivity contribution in [3.05, 3.63) is 40.5 Å². The molecule has 148 valence electrons. The maximum atomic E-state index is 15.0. The molecule has 0 unspecified atom stereocenters. The first-order chi connectivity index (χ1) is 13.3. The maximum absolute atomic E-state index is 15.0. The summed E-state index contributed by atoms with van der Waals surface area (Å²) in [7, 11) is -0.907. The Morgan fingerprint density at radius 1 is 1.14 bits per heavy atom.